The Kier molecular flexibility index (Phi) is 4.02. The van der Waals surface area contributed by atoms with Gasteiger partial charge in [0.2, 0.25) is 0 Å². The van der Waals surface area contributed by atoms with Gasteiger partial charge in [0.1, 0.15) is 0 Å². The smallest absolute Gasteiger partial charge is 0.294 e. The summed E-state index contributed by atoms with van der Waals surface area (Å²) >= 11 is 0. The van der Waals surface area contributed by atoms with Crippen LogP contribution in [-0.2, 0) is 4.79 Å². The van der Waals surface area contributed by atoms with Gasteiger partial charge in [0, 0.05) is 18.0 Å². The van der Waals surface area contributed by atoms with E-state index in [1.807, 2.05) is 7.05 Å². The van der Waals surface area contributed by atoms with Crippen molar-refractivity contribution in [3.8, 4) is 0 Å². The number of hydrogen-bond acceptors (Lipinski definition) is 4. The quantitative estimate of drug-likeness (QED) is 0.483. The molecule has 1 amide bonds. The molecule has 0 bridgehead atoms. The lowest BCUT2D eigenvalue weighted by Gasteiger charge is -2.34. The third-order valence-corrected chi connectivity index (χ3v) is 2.89. The van der Waals surface area contributed by atoms with Crippen molar-refractivity contribution in [1.29, 1.82) is 0 Å². The van der Waals surface area contributed by atoms with Crippen molar-refractivity contribution < 1.29 is 9.72 Å². The highest BCUT2D eigenvalue weighted by Crippen LogP contribution is 2.13. The molecular weight excluding hydrogens is 198 g/mol. The molecule has 0 radical (unpaired) electrons. The largest absolute Gasteiger partial charge is 0.337 e. The van der Waals surface area contributed by atoms with Gasteiger partial charge in [0.05, 0.1) is 0 Å². The summed E-state index contributed by atoms with van der Waals surface area (Å²) in [6, 6.07) is 0.161. The minimum atomic E-state index is -0.594. The van der Waals surface area contributed by atoms with Gasteiger partial charge in [0.15, 0.2) is 0 Å². The van der Waals surface area contributed by atoms with E-state index in [2.05, 4.69) is 4.90 Å². The molecular formula is C9H17N3O3. The Morgan fingerprint density at radius 2 is 2.07 bits per heavy atom. The van der Waals surface area contributed by atoms with Crippen molar-refractivity contribution in [1.82, 2.24) is 9.80 Å². The molecule has 0 unspecified atom stereocenters. The van der Waals surface area contributed by atoms with Gasteiger partial charge in [-0.15, -0.1) is 0 Å². The Bertz CT molecular complexity index is 249. The van der Waals surface area contributed by atoms with Gasteiger partial charge in [-0.3, -0.25) is 14.9 Å². The van der Waals surface area contributed by atoms with Crippen molar-refractivity contribution in [2.75, 3.05) is 33.7 Å². The molecule has 0 N–H and O–H groups in total. The summed E-state index contributed by atoms with van der Waals surface area (Å²) in [5.41, 5.74) is 0. The van der Waals surface area contributed by atoms with Crippen molar-refractivity contribution in [3.63, 3.8) is 0 Å². The predicted octanol–water partition coefficient (Wildman–Crippen LogP) is -0.184. The molecule has 6 heteroatoms. The van der Waals surface area contributed by atoms with Crippen LogP contribution in [0.5, 0.6) is 0 Å². The molecule has 0 aromatic carbocycles. The van der Waals surface area contributed by atoms with Crippen molar-refractivity contribution in [3.05, 3.63) is 10.1 Å². The summed E-state index contributed by atoms with van der Waals surface area (Å²) in [5.74, 6) is -0.394. The van der Waals surface area contributed by atoms with Gasteiger partial charge in [-0.05, 0) is 33.0 Å². The summed E-state index contributed by atoms with van der Waals surface area (Å²) in [6.07, 6.45) is 1.80. The maximum absolute atomic E-state index is 11.4. The molecule has 1 saturated heterocycles. The van der Waals surface area contributed by atoms with Gasteiger partial charge in [-0.25, -0.2) is 0 Å². The summed E-state index contributed by atoms with van der Waals surface area (Å²) in [4.78, 5) is 24.7. The molecule has 0 spiro atoms. The SMILES string of the molecule is CN1CCC(N(C)C(=O)C[N+](=O)[O-])CC1. The van der Waals surface area contributed by atoms with E-state index in [9.17, 15) is 14.9 Å². The molecule has 1 fully saturated rings. The van der Waals surface area contributed by atoms with E-state index in [0.717, 1.165) is 25.9 Å². The van der Waals surface area contributed by atoms with Gasteiger partial charge in [-0.1, -0.05) is 0 Å². The zero-order valence-corrected chi connectivity index (χ0v) is 9.18. The second-order valence-corrected chi connectivity index (χ2v) is 4.03. The van der Waals surface area contributed by atoms with Crippen LogP contribution in [0.1, 0.15) is 12.8 Å². The fourth-order valence-corrected chi connectivity index (χ4v) is 1.81. The third-order valence-electron chi connectivity index (χ3n) is 2.89. The first-order chi connectivity index (χ1) is 7.00. The molecule has 1 aliphatic heterocycles. The normalized spacial score (nSPS) is 18.8. The van der Waals surface area contributed by atoms with Crippen LogP contribution in [0.15, 0.2) is 0 Å². The zero-order valence-electron chi connectivity index (χ0n) is 9.18. The molecule has 1 heterocycles. The summed E-state index contributed by atoms with van der Waals surface area (Å²) in [5, 5.41) is 10.2. The second kappa shape index (κ2) is 5.06. The summed E-state index contributed by atoms with van der Waals surface area (Å²) < 4.78 is 0. The van der Waals surface area contributed by atoms with Gasteiger partial charge < -0.3 is 9.80 Å². The number of piperidine rings is 1. The number of hydrogen-bond donors (Lipinski definition) is 0. The van der Waals surface area contributed by atoms with Crippen molar-refractivity contribution >= 4 is 5.91 Å². The maximum Gasteiger partial charge on any atom is 0.294 e. The average Bonchev–Trinajstić information content (AvgIpc) is 2.17. The van der Waals surface area contributed by atoms with E-state index in [1.165, 1.54) is 4.90 Å². The highest BCUT2D eigenvalue weighted by Gasteiger charge is 2.25. The first-order valence-corrected chi connectivity index (χ1v) is 5.06. The molecule has 0 atom stereocenters. The summed E-state index contributed by atoms with van der Waals surface area (Å²) in [7, 11) is 3.69. The van der Waals surface area contributed by atoms with E-state index in [-0.39, 0.29) is 6.04 Å². The molecule has 15 heavy (non-hydrogen) atoms. The van der Waals surface area contributed by atoms with Gasteiger partial charge >= 0.3 is 0 Å². The number of carbonyl (C=O) groups is 1. The fraction of sp³-hybridized carbons (Fsp3) is 0.889. The number of carbonyl (C=O) groups excluding carboxylic acids is 1. The van der Waals surface area contributed by atoms with Crippen LogP contribution in [0.25, 0.3) is 0 Å². The molecule has 0 aromatic rings. The standard InChI is InChI=1S/C9H17N3O3/c1-10-5-3-8(4-6-10)11(2)9(13)7-12(14)15/h8H,3-7H2,1-2H3. The molecule has 1 aliphatic rings. The fourth-order valence-electron chi connectivity index (χ4n) is 1.81. The Hall–Kier alpha value is -1.17. The molecule has 0 saturated carbocycles. The van der Waals surface area contributed by atoms with E-state index in [1.54, 1.807) is 7.05 Å². The number of rotatable bonds is 3. The Morgan fingerprint density at radius 1 is 1.53 bits per heavy atom. The van der Waals surface area contributed by atoms with Crippen LogP contribution in [0.4, 0.5) is 0 Å². The lowest BCUT2D eigenvalue weighted by atomic mass is 10.0. The van der Waals surface area contributed by atoms with E-state index < -0.39 is 17.4 Å². The number of nitro groups is 1. The lowest BCUT2D eigenvalue weighted by Crippen LogP contribution is -2.46. The summed E-state index contributed by atoms with van der Waals surface area (Å²) in [6.45, 7) is 1.30. The van der Waals surface area contributed by atoms with Crippen molar-refractivity contribution in [2.45, 2.75) is 18.9 Å². The number of likely N-dealkylation sites (tertiary alicyclic amines) is 1. The molecule has 0 aromatic heterocycles. The molecule has 0 aliphatic carbocycles. The van der Waals surface area contributed by atoms with Crippen molar-refractivity contribution in [2.24, 2.45) is 0 Å². The molecule has 6 nitrogen and oxygen atoms in total. The highest BCUT2D eigenvalue weighted by atomic mass is 16.6. The van der Waals surface area contributed by atoms with Crippen LogP contribution >= 0.6 is 0 Å². The minimum absolute atomic E-state index is 0.161. The first kappa shape index (κ1) is 11.9. The zero-order chi connectivity index (χ0) is 11.4. The Balaban J connectivity index is 2.42. The Labute approximate surface area is 89.0 Å². The Morgan fingerprint density at radius 3 is 2.53 bits per heavy atom. The van der Waals surface area contributed by atoms with Gasteiger partial charge in [-0.2, -0.15) is 0 Å². The lowest BCUT2D eigenvalue weighted by molar-refractivity contribution is -0.468. The number of likely N-dealkylation sites (N-methyl/N-ethyl adjacent to an activating group) is 1. The second-order valence-electron chi connectivity index (χ2n) is 4.03. The maximum atomic E-state index is 11.4. The monoisotopic (exact) mass is 215 g/mol. The van der Waals surface area contributed by atoms with E-state index in [0.29, 0.717) is 0 Å². The predicted molar refractivity (Wildman–Crippen MR) is 55.2 cm³/mol. The first-order valence-electron chi connectivity index (χ1n) is 5.06. The molecule has 1 rings (SSSR count). The molecule has 86 valence electrons. The van der Waals surface area contributed by atoms with Crippen LogP contribution in [0.2, 0.25) is 0 Å². The topological polar surface area (TPSA) is 66.7 Å². The number of nitrogens with zero attached hydrogens (tertiary/aromatic N) is 3. The minimum Gasteiger partial charge on any atom is -0.337 e. The van der Waals surface area contributed by atoms with Crippen LogP contribution in [0.3, 0.4) is 0 Å². The van der Waals surface area contributed by atoms with Crippen LogP contribution in [-0.4, -0.2) is 60.4 Å². The van der Waals surface area contributed by atoms with Gasteiger partial charge in [0.25, 0.3) is 12.5 Å². The highest BCUT2D eigenvalue weighted by molar-refractivity contribution is 5.77. The van der Waals surface area contributed by atoms with Crippen LogP contribution in [0, 0.1) is 10.1 Å². The van der Waals surface area contributed by atoms with E-state index >= 15 is 0 Å². The van der Waals surface area contributed by atoms with Crippen LogP contribution < -0.4 is 0 Å². The van der Waals surface area contributed by atoms with E-state index in [4.69, 9.17) is 0 Å². The average molecular weight is 215 g/mol. The number of amides is 1. The third kappa shape index (κ3) is 3.47.